The molecule has 0 aromatic rings. The van der Waals surface area contributed by atoms with E-state index in [0.29, 0.717) is 0 Å². The normalized spacial score (nSPS) is 7.73. The maximum Gasteiger partial charge on any atom is 0.217 e. The molecular weight excluding hydrogens is 194 g/mol. The summed E-state index contributed by atoms with van der Waals surface area (Å²) in [5.74, 6) is -0.349. The number of hydrogen-bond donors (Lipinski definition) is 1. The van der Waals surface area contributed by atoms with E-state index in [1.165, 1.54) is 13.8 Å². The Bertz CT molecular complexity index is 180. The van der Waals surface area contributed by atoms with Crippen molar-refractivity contribution in [2.75, 3.05) is 6.54 Å². The smallest absolute Gasteiger partial charge is 0.217 e. The Labute approximate surface area is 92.4 Å². The van der Waals surface area contributed by atoms with Crippen molar-refractivity contribution < 1.29 is 14.4 Å². The lowest BCUT2D eigenvalue weighted by Gasteiger charge is -1.99. The molecule has 15 heavy (non-hydrogen) atoms. The molecule has 0 aromatic carbocycles. The van der Waals surface area contributed by atoms with Crippen molar-refractivity contribution in [2.24, 2.45) is 0 Å². The van der Waals surface area contributed by atoms with Crippen LogP contribution in [0.3, 0.4) is 0 Å². The highest BCUT2D eigenvalue weighted by Crippen LogP contribution is 1.90. The topological polar surface area (TPSA) is 63.2 Å². The van der Waals surface area contributed by atoms with Gasteiger partial charge in [0.25, 0.3) is 0 Å². The maximum absolute atomic E-state index is 10.9. The number of amides is 1. The number of Topliss-reactive ketones (excluding diaryl/α,β-unsaturated/α-hetero) is 2. The minimum absolute atomic E-state index is 0. The van der Waals surface area contributed by atoms with Crippen LogP contribution in [0.15, 0.2) is 0 Å². The van der Waals surface area contributed by atoms with E-state index in [2.05, 4.69) is 5.32 Å². The predicted octanol–water partition coefficient (Wildman–Crippen LogP) is 1.72. The Balaban J connectivity index is -0.000000449. The van der Waals surface area contributed by atoms with Gasteiger partial charge in [-0.3, -0.25) is 9.59 Å². The molecule has 0 fully saturated rings. The van der Waals surface area contributed by atoms with Gasteiger partial charge in [-0.1, -0.05) is 21.3 Å². The summed E-state index contributed by atoms with van der Waals surface area (Å²) < 4.78 is 0. The SMILES string of the molecule is C.CC.CC(=O)CCC(=O)CNC(C)=O. The molecule has 0 saturated carbocycles. The molecule has 0 saturated heterocycles. The molecule has 0 spiro atoms. The zero-order valence-electron chi connectivity index (χ0n) is 9.35. The number of nitrogens with one attached hydrogen (secondary N) is 1. The fourth-order valence-corrected chi connectivity index (χ4v) is 0.627. The van der Waals surface area contributed by atoms with E-state index in [9.17, 15) is 14.4 Å². The van der Waals surface area contributed by atoms with Gasteiger partial charge in [0.15, 0.2) is 5.78 Å². The van der Waals surface area contributed by atoms with E-state index < -0.39 is 0 Å². The summed E-state index contributed by atoms with van der Waals surface area (Å²) in [6.45, 7) is 6.81. The highest BCUT2D eigenvalue weighted by Gasteiger charge is 2.03. The van der Waals surface area contributed by atoms with Crippen molar-refractivity contribution in [3.05, 3.63) is 0 Å². The molecule has 1 N–H and O–H groups in total. The quantitative estimate of drug-likeness (QED) is 0.762. The lowest BCUT2D eigenvalue weighted by atomic mass is 10.2. The minimum Gasteiger partial charge on any atom is -0.349 e. The van der Waals surface area contributed by atoms with Crippen LogP contribution in [0.1, 0.15) is 48.0 Å². The van der Waals surface area contributed by atoms with Gasteiger partial charge in [-0.25, -0.2) is 0 Å². The van der Waals surface area contributed by atoms with Gasteiger partial charge >= 0.3 is 0 Å². The zero-order valence-corrected chi connectivity index (χ0v) is 9.35. The van der Waals surface area contributed by atoms with Gasteiger partial charge in [-0.2, -0.15) is 0 Å². The summed E-state index contributed by atoms with van der Waals surface area (Å²) in [5.41, 5.74) is 0. The lowest BCUT2D eigenvalue weighted by molar-refractivity contribution is -0.125. The fraction of sp³-hybridized carbons (Fsp3) is 0.727. The van der Waals surface area contributed by atoms with Gasteiger partial charge in [0.2, 0.25) is 5.91 Å². The van der Waals surface area contributed by atoms with Crippen LogP contribution in [0, 0.1) is 0 Å². The molecule has 90 valence electrons. The minimum atomic E-state index is -0.230. The summed E-state index contributed by atoms with van der Waals surface area (Å²) >= 11 is 0. The molecule has 0 aromatic heterocycles. The first-order chi connectivity index (χ1) is 6.52. The summed E-state index contributed by atoms with van der Waals surface area (Å²) in [7, 11) is 0. The number of hydrogen-bond acceptors (Lipinski definition) is 3. The van der Waals surface area contributed by atoms with Gasteiger partial charge in [0.05, 0.1) is 6.54 Å². The predicted molar refractivity (Wildman–Crippen MR) is 61.7 cm³/mol. The van der Waals surface area contributed by atoms with E-state index in [1.807, 2.05) is 13.8 Å². The second-order valence-electron chi connectivity index (χ2n) is 2.65. The van der Waals surface area contributed by atoms with Crippen LogP contribution in [0.2, 0.25) is 0 Å². The Morgan fingerprint density at radius 1 is 1.00 bits per heavy atom. The lowest BCUT2D eigenvalue weighted by Crippen LogP contribution is -2.27. The van der Waals surface area contributed by atoms with Gasteiger partial charge in [0.1, 0.15) is 5.78 Å². The number of rotatable bonds is 5. The molecule has 0 aliphatic rings. The van der Waals surface area contributed by atoms with Crippen molar-refractivity contribution in [1.29, 1.82) is 0 Å². The molecular formula is C11H23NO3. The van der Waals surface area contributed by atoms with Crippen molar-refractivity contribution in [3.63, 3.8) is 0 Å². The molecule has 0 heterocycles. The van der Waals surface area contributed by atoms with E-state index in [4.69, 9.17) is 0 Å². The largest absolute Gasteiger partial charge is 0.349 e. The first-order valence-corrected chi connectivity index (χ1v) is 4.78. The summed E-state index contributed by atoms with van der Waals surface area (Å²) in [5, 5.41) is 2.37. The van der Waals surface area contributed by atoms with E-state index >= 15 is 0 Å². The molecule has 0 aliphatic carbocycles. The van der Waals surface area contributed by atoms with Gasteiger partial charge in [0, 0.05) is 19.8 Å². The van der Waals surface area contributed by atoms with Crippen LogP contribution in [0.25, 0.3) is 0 Å². The maximum atomic E-state index is 10.9. The Hall–Kier alpha value is -1.19. The van der Waals surface area contributed by atoms with Gasteiger partial charge in [-0.15, -0.1) is 0 Å². The van der Waals surface area contributed by atoms with Crippen molar-refractivity contribution in [3.8, 4) is 0 Å². The average molecular weight is 217 g/mol. The average Bonchev–Trinajstić information content (AvgIpc) is 2.14. The molecule has 0 rings (SSSR count). The van der Waals surface area contributed by atoms with Crippen LogP contribution in [-0.2, 0) is 14.4 Å². The van der Waals surface area contributed by atoms with Crippen molar-refractivity contribution in [2.45, 2.75) is 48.0 Å². The molecule has 4 nitrogen and oxygen atoms in total. The van der Waals surface area contributed by atoms with Crippen LogP contribution in [0.4, 0.5) is 0 Å². The summed E-state index contributed by atoms with van der Waals surface area (Å²) in [6, 6.07) is 0. The van der Waals surface area contributed by atoms with E-state index in [1.54, 1.807) is 0 Å². The third-order valence-corrected chi connectivity index (χ3v) is 1.29. The van der Waals surface area contributed by atoms with Gasteiger partial charge in [-0.05, 0) is 6.92 Å². The van der Waals surface area contributed by atoms with Crippen molar-refractivity contribution in [1.82, 2.24) is 5.32 Å². The standard InChI is InChI=1S/C8H13NO3.C2H6.CH4/c1-6(10)3-4-8(12)5-9-7(2)11;1-2;/h3-5H2,1-2H3,(H,9,11);1-2H3;1H4. The second kappa shape index (κ2) is 12.8. The third kappa shape index (κ3) is 19.3. The van der Waals surface area contributed by atoms with Crippen LogP contribution >= 0.6 is 0 Å². The monoisotopic (exact) mass is 217 g/mol. The van der Waals surface area contributed by atoms with E-state index in [-0.39, 0.29) is 44.3 Å². The number of ketones is 2. The molecule has 1 amide bonds. The van der Waals surface area contributed by atoms with Gasteiger partial charge < -0.3 is 10.1 Å². The molecule has 4 heteroatoms. The molecule has 0 atom stereocenters. The van der Waals surface area contributed by atoms with Crippen LogP contribution in [-0.4, -0.2) is 24.0 Å². The highest BCUT2D eigenvalue weighted by molar-refractivity contribution is 5.88. The Morgan fingerprint density at radius 2 is 1.47 bits per heavy atom. The summed E-state index contributed by atoms with van der Waals surface area (Å²) in [4.78, 5) is 31.7. The highest BCUT2D eigenvalue weighted by atomic mass is 16.2. The second-order valence-corrected chi connectivity index (χ2v) is 2.65. The van der Waals surface area contributed by atoms with Crippen LogP contribution < -0.4 is 5.32 Å². The van der Waals surface area contributed by atoms with Crippen LogP contribution in [0.5, 0.6) is 0 Å². The molecule has 0 bridgehead atoms. The van der Waals surface area contributed by atoms with E-state index in [0.717, 1.165) is 0 Å². The third-order valence-electron chi connectivity index (χ3n) is 1.29. The number of carbonyl (C=O) groups is 3. The number of carbonyl (C=O) groups excluding carboxylic acids is 3. The zero-order chi connectivity index (χ0) is 11.6. The summed E-state index contributed by atoms with van der Waals surface area (Å²) in [6.07, 6.45) is 0.480. The first-order valence-electron chi connectivity index (χ1n) is 4.78. The van der Waals surface area contributed by atoms with Crippen molar-refractivity contribution >= 4 is 17.5 Å². The molecule has 0 aliphatic heterocycles. The fourth-order valence-electron chi connectivity index (χ4n) is 0.627. The Morgan fingerprint density at radius 3 is 1.80 bits per heavy atom. The molecule has 0 unspecified atom stereocenters. The first kappa shape index (κ1) is 19.4. The molecule has 0 radical (unpaired) electrons. The Kier molecular flexibility index (Phi) is 16.6.